The van der Waals surface area contributed by atoms with Crippen molar-refractivity contribution in [3.05, 3.63) is 0 Å². The molecule has 120 valence electrons. The molecule has 0 atom stereocenters. The smallest absolute Gasteiger partial charge is 0.0611 e. The summed E-state index contributed by atoms with van der Waals surface area (Å²) >= 11 is 4.59. The summed E-state index contributed by atoms with van der Waals surface area (Å²) in [5.41, 5.74) is 0.508. The minimum Gasteiger partial charge on any atom is -0.144 e. The predicted octanol–water partition coefficient (Wildman–Crippen LogP) is 6.99. The minimum absolute atomic E-state index is 0.508. The van der Waals surface area contributed by atoms with Gasteiger partial charge in [-0.2, -0.15) is 0 Å². The van der Waals surface area contributed by atoms with E-state index in [-0.39, 0.29) is 0 Å². The lowest BCUT2D eigenvalue weighted by Crippen LogP contribution is -2.33. The molecule has 1 saturated carbocycles. The SMILES string of the molecule is CCCCSC1(SCCCC)CCC(C(C)(C)C)CC1. The molecule has 0 amide bonds. The first-order valence-corrected chi connectivity index (χ1v) is 10.7. The van der Waals surface area contributed by atoms with E-state index >= 15 is 0 Å². The molecule has 0 aromatic heterocycles. The fourth-order valence-corrected chi connectivity index (χ4v) is 6.55. The molecule has 20 heavy (non-hydrogen) atoms. The number of hydrogen-bond donors (Lipinski definition) is 0. The highest BCUT2D eigenvalue weighted by Gasteiger charge is 2.39. The Morgan fingerprint density at radius 2 is 1.35 bits per heavy atom. The summed E-state index contributed by atoms with van der Waals surface area (Å²) in [5, 5.41) is 0. The Morgan fingerprint density at radius 1 is 0.900 bits per heavy atom. The van der Waals surface area contributed by atoms with Crippen LogP contribution >= 0.6 is 23.5 Å². The van der Waals surface area contributed by atoms with Crippen molar-refractivity contribution in [3.8, 4) is 0 Å². The average Bonchev–Trinajstić information content (AvgIpc) is 2.39. The highest BCUT2D eigenvalue weighted by molar-refractivity contribution is 8.18. The number of thioether (sulfide) groups is 2. The molecule has 0 aliphatic heterocycles. The molecule has 1 rings (SSSR count). The summed E-state index contributed by atoms with van der Waals surface area (Å²) in [7, 11) is 0. The number of unbranched alkanes of at least 4 members (excludes halogenated alkanes) is 2. The second kappa shape index (κ2) is 8.98. The summed E-state index contributed by atoms with van der Waals surface area (Å²) in [4.78, 5) is 0. The quantitative estimate of drug-likeness (QED) is 0.350. The molecule has 2 heteroatoms. The molecule has 1 aliphatic carbocycles. The van der Waals surface area contributed by atoms with Gasteiger partial charge in [-0.05, 0) is 61.4 Å². The lowest BCUT2D eigenvalue weighted by atomic mass is 9.72. The topological polar surface area (TPSA) is 0 Å². The second-order valence-corrected chi connectivity index (χ2v) is 10.7. The second-order valence-electron chi connectivity index (χ2n) is 7.46. The molecule has 1 aliphatic rings. The maximum absolute atomic E-state index is 2.43. The van der Waals surface area contributed by atoms with Crippen LogP contribution in [0.4, 0.5) is 0 Å². The average molecular weight is 317 g/mol. The van der Waals surface area contributed by atoms with Crippen LogP contribution in [0.15, 0.2) is 0 Å². The van der Waals surface area contributed by atoms with Gasteiger partial charge in [-0.15, -0.1) is 23.5 Å². The molecule has 0 spiro atoms. The largest absolute Gasteiger partial charge is 0.144 e. The van der Waals surface area contributed by atoms with Crippen molar-refractivity contribution in [1.29, 1.82) is 0 Å². The van der Waals surface area contributed by atoms with Crippen molar-refractivity contribution in [2.45, 2.75) is 90.1 Å². The minimum atomic E-state index is 0.508. The van der Waals surface area contributed by atoms with Crippen molar-refractivity contribution in [2.75, 3.05) is 11.5 Å². The molecule has 0 unspecified atom stereocenters. The van der Waals surface area contributed by atoms with Gasteiger partial charge in [0.25, 0.3) is 0 Å². The van der Waals surface area contributed by atoms with E-state index in [2.05, 4.69) is 58.1 Å². The van der Waals surface area contributed by atoms with Gasteiger partial charge in [-0.25, -0.2) is 0 Å². The third-order valence-electron chi connectivity index (χ3n) is 4.70. The van der Waals surface area contributed by atoms with Gasteiger partial charge < -0.3 is 0 Å². The van der Waals surface area contributed by atoms with Gasteiger partial charge in [-0.1, -0.05) is 47.5 Å². The Kier molecular flexibility index (Phi) is 8.42. The molecule has 0 nitrogen and oxygen atoms in total. The van der Waals surface area contributed by atoms with Crippen LogP contribution in [-0.2, 0) is 0 Å². The van der Waals surface area contributed by atoms with E-state index in [0.29, 0.717) is 9.49 Å². The van der Waals surface area contributed by atoms with Gasteiger partial charge in [0.1, 0.15) is 0 Å². The summed E-state index contributed by atoms with van der Waals surface area (Å²) in [6, 6.07) is 0. The lowest BCUT2D eigenvalue weighted by molar-refractivity contribution is 0.177. The molecule has 0 saturated heterocycles. The predicted molar refractivity (Wildman–Crippen MR) is 98.9 cm³/mol. The van der Waals surface area contributed by atoms with Gasteiger partial charge in [-0.3, -0.25) is 0 Å². The number of hydrogen-bond acceptors (Lipinski definition) is 2. The van der Waals surface area contributed by atoms with Crippen LogP contribution in [0.5, 0.6) is 0 Å². The van der Waals surface area contributed by atoms with E-state index in [0.717, 1.165) is 5.92 Å². The summed E-state index contributed by atoms with van der Waals surface area (Å²) in [5.74, 6) is 3.68. The van der Waals surface area contributed by atoms with E-state index in [4.69, 9.17) is 0 Å². The summed E-state index contributed by atoms with van der Waals surface area (Å²) in [6.45, 7) is 11.9. The molecule has 0 N–H and O–H groups in total. The Balaban J connectivity index is 2.52. The van der Waals surface area contributed by atoms with E-state index in [1.165, 1.54) is 62.9 Å². The van der Waals surface area contributed by atoms with E-state index < -0.39 is 0 Å². The normalized spacial score (nSPS) is 20.2. The zero-order valence-electron chi connectivity index (χ0n) is 14.5. The van der Waals surface area contributed by atoms with Crippen LogP contribution < -0.4 is 0 Å². The first kappa shape index (κ1) is 18.7. The third-order valence-corrected chi connectivity index (χ3v) is 8.26. The Morgan fingerprint density at radius 3 is 1.70 bits per heavy atom. The zero-order valence-corrected chi connectivity index (χ0v) is 16.1. The van der Waals surface area contributed by atoms with E-state index in [9.17, 15) is 0 Å². The number of rotatable bonds is 8. The van der Waals surface area contributed by atoms with Crippen molar-refractivity contribution in [1.82, 2.24) is 0 Å². The van der Waals surface area contributed by atoms with Gasteiger partial charge in [0.15, 0.2) is 0 Å². The molecule has 0 aromatic rings. The van der Waals surface area contributed by atoms with Crippen LogP contribution in [0.1, 0.15) is 86.0 Å². The van der Waals surface area contributed by atoms with E-state index in [1.54, 1.807) is 0 Å². The molecular formula is C18H36S2. The standard InChI is InChI=1S/C18H36S2/c1-6-8-14-19-18(20-15-9-7-2)12-10-16(11-13-18)17(3,4)5/h16H,6-15H2,1-5H3. The van der Waals surface area contributed by atoms with Gasteiger partial charge >= 0.3 is 0 Å². The summed E-state index contributed by atoms with van der Waals surface area (Å²) < 4.78 is 0.562. The van der Waals surface area contributed by atoms with Crippen molar-refractivity contribution >= 4 is 23.5 Å². The Labute approximate surface area is 136 Å². The van der Waals surface area contributed by atoms with Crippen LogP contribution in [0.25, 0.3) is 0 Å². The fraction of sp³-hybridized carbons (Fsp3) is 1.00. The van der Waals surface area contributed by atoms with Crippen LogP contribution in [0.2, 0.25) is 0 Å². The maximum Gasteiger partial charge on any atom is 0.0611 e. The van der Waals surface area contributed by atoms with Crippen molar-refractivity contribution in [2.24, 2.45) is 11.3 Å². The monoisotopic (exact) mass is 316 g/mol. The molecule has 0 aromatic carbocycles. The molecule has 0 heterocycles. The van der Waals surface area contributed by atoms with Gasteiger partial charge in [0, 0.05) is 0 Å². The molecule has 0 bridgehead atoms. The lowest BCUT2D eigenvalue weighted by Gasteiger charge is -2.43. The highest BCUT2D eigenvalue weighted by atomic mass is 32.2. The molecule has 1 fully saturated rings. The van der Waals surface area contributed by atoms with Crippen LogP contribution in [0, 0.1) is 11.3 Å². The first-order valence-electron chi connectivity index (χ1n) is 8.71. The summed E-state index contributed by atoms with van der Waals surface area (Å²) in [6.07, 6.45) is 11.2. The molecular weight excluding hydrogens is 280 g/mol. The Bertz CT molecular complexity index is 235. The first-order chi connectivity index (χ1) is 9.43. The third kappa shape index (κ3) is 6.22. The van der Waals surface area contributed by atoms with Gasteiger partial charge in [0.05, 0.1) is 4.08 Å². The van der Waals surface area contributed by atoms with Crippen LogP contribution in [-0.4, -0.2) is 15.6 Å². The van der Waals surface area contributed by atoms with E-state index in [1.807, 2.05) is 0 Å². The zero-order chi connectivity index (χ0) is 15.1. The molecule has 0 radical (unpaired) electrons. The van der Waals surface area contributed by atoms with Crippen LogP contribution in [0.3, 0.4) is 0 Å². The fourth-order valence-electron chi connectivity index (χ4n) is 3.06. The van der Waals surface area contributed by atoms with Crippen molar-refractivity contribution < 1.29 is 0 Å². The van der Waals surface area contributed by atoms with Crippen molar-refractivity contribution in [3.63, 3.8) is 0 Å². The maximum atomic E-state index is 2.43. The van der Waals surface area contributed by atoms with Gasteiger partial charge in [0.2, 0.25) is 0 Å². The Hall–Kier alpha value is 0.700. The highest BCUT2D eigenvalue weighted by Crippen LogP contribution is 2.52.